The van der Waals surface area contributed by atoms with Gasteiger partial charge in [0.05, 0.1) is 6.04 Å². The third-order valence-corrected chi connectivity index (χ3v) is 5.80. The van der Waals surface area contributed by atoms with Crippen molar-refractivity contribution in [3.63, 3.8) is 0 Å². The van der Waals surface area contributed by atoms with Gasteiger partial charge in [0.15, 0.2) is 5.82 Å². The van der Waals surface area contributed by atoms with Gasteiger partial charge in [-0.15, -0.1) is 10.2 Å². The summed E-state index contributed by atoms with van der Waals surface area (Å²) in [5.74, 6) is 2.24. The summed E-state index contributed by atoms with van der Waals surface area (Å²) in [5.41, 5.74) is 0. The molecule has 3 atom stereocenters. The largest absolute Gasteiger partial charge is 0.328 e. The van der Waals surface area contributed by atoms with E-state index in [4.69, 9.17) is 0 Å². The van der Waals surface area contributed by atoms with Gasteiger partial charge in [-0.05, 0) is 12.3 Å². The average Bonchev–Trinajstić information content (AvgIpc) is 3.06. The second-order valence-corrected chi connectivity index (χ2v) is 8.94. The summed E-state index contributed by atoms with van der Waals surface area (Å²) in [6.45, 7) is 11.2. The first-order chi connectivity index (χ1) is 11.0. The van der Waals surface area contributed by atoms with E-state index < -0.39 is 0 Å². The van der Waals surface area contributed by atoms with E-state index in [0.29, 0.717) is 10.5 Å². The lowest BCUT2D eigenvalue weighted by atomic mass is 10.0. The van der Waals surface area contributed by atoms with Crippen molar-refractivity contribution in [1.29, 1.82) is 0 Å². The molecule has 0 saturated carbocycles. The molecule has 1 saturated heterocycles. The van der Waals surface area contributed by atoms with Crippen LogP contribution in [0.15, 0.2) is 0 Å². The number of urea groups is 1. The van der Waals surface area contributed by atoms with Crippen LogP contribution in [0.5, 0.6) is 0 Å². The maximum Gasteiger partial charge on any atom is 0.318 e. The molecule has 0 radical (unpaired) electrons. The predicted molar refractivity (Wildman–Crippen MR) is 92.5 cm³/mol. The number of carbonyl (C=O) groups excluding carboxylic acids is 1. The minimum atomic E-state index is -0.0814. The highest BCUT2D eigenvalue weighted by atomic mass is 32.2. The Hall–Kier alpha value is -1.24. The Balaban J connectivity index is 1.73. The summed E-state index contributed by atoms with van der Waals surface area (Å²) in [6, 6.07) is -0.0555. The summed E-state index contributed by atoms with van der Waals surface area (Å²) >= 11 is 1.95. The molecule has 128 valence electrons. The van der Waals surface area contributed by atoms with E-state index >= 15 is 0 Å². The Labute approximate surface area is 142 Å². The fourth-order valence-electron chi connectivity index (χ4n) is 3.50. The van der Waals surface area contributed by atoms with Crippen LogP contribution in [-0.2, 0) is 13.0 Å². The number of aryl methyl sites for hydroxylation is 1. The van der Waals surface area contributed by atoms with Gasteiger partial charge in [-0.2, -0.15) is 11.8 Å². The summed E-state index contributed by atoms with van der Waals surface area (Å²) in [6.07, 6.45) is 2.11. The molecular formula is C16H27N5OS. The van der Waals surface area contributed by atoms with E-state index in [1.54, 1.807) is 0 Å². The molecule has 7 heteroatoms. The van der Waals surface area contributed by atoms with E-state index in [0.717, 1.165) is 44.1 Å². The van der Waals surface area contributed by atoms with E-state index in [-0.39, 0.29) is 18.0 Å². The van der Waals surface area contributed by atoms with E-state index in [1.165, 1.54) is 0 Å². The van der Waals surface area contributed by atoms with Crippen molar-refractivity contribution in [2.75, 3.05) is 13.1 Å². The highest BCUT2D eigenvalue weighted by Crippen LogP contribution is 2.27. The fourth-order valence-corrected chi connectivity index (χ4v) is 4.83. The Kier molecular flexibility index (Phi) is 4.85. The third-order valence-electron chi connectivity index (χ3n) is 4.57. The zero-order valence-electron chi connectivity index (χ0n) is 14.5. The standard InChI is InChI=1S/C16H27N5OS/c1-10(2)14(15-19-18-13-6-5-7-21(13)15)17-16(22)20-8-11(3)23-12(4)9-20/h10-12,14H,5-9H2,1-4H3,(H,17,22)/t11-,12+,14-/m1/s1. The lowest BCUT2D eigenvalue weighted by Crippen LogP contribution is -2.50. The minimum Gasteiger partial charge on any atom is -0.328 e. The van der Waals surface area contributed by atoms with Crippen LogP contribution in [0.25, 0.3) is 0 Å². The lowest BCUT2D eigenvalue weighted by molar-refractivity contribution is 0.188. The molecule has 0 unspecified atom stereocenters. The van der Waals surface area contributed by atoms with Crippen LogP contribution in [0.1, 0.15) is 51.8 Å². The molecule has 0 aliphatic carbocycles. The molecule has 2 aliphatic rings. The number of fused-ring (bicyclic) bond motifs is 1. The molecule has 0 bridgehead atoms. The van der Waals surface area contributed by atoms with Crippen LogP contribution >= 0.6 is 11.8 Å². The average molecular weight is 337 g/mol. The zero-order chi connectivity index (χ0) is 16.6. The van der Waals surface area contributed by atoms with Crippen molar-refractivity contribution in [3.8, 4) is 0 Å². The molecule has 23 heavy (non-hydrogen) atoms. The van der Waals surface area contributed by atoms with Gasteiger partial charge in [0.25, 0.3) is 0 Å². The first-order valence-electron chi connectivity index (χ1n) is 8.58. The van der Waals surface area contributed by atoms with Crippen molar-refractivity contribution in [3.05, 3.63) is 11.6 Å². The van der Waals surface area contributed by atoms with E-state index in [2.05, 4.69) is 47.8 Å². The van der Waals surface area contributed by atoms with Gasteiger partial charge in [-0.25, -0.2) is 4.79 Å². The van der Waals surface area contributed by atoms with E-state index in [1.807, 2.05) is 16.7 Å². The number of hydrogen-bond donors (Lipinski definition) is 1. The van der Waals surface area contributed by atoms with Crippen molar-refractivity contribution < 1.29 is 4.79 Å². The Morgan fingerprint density at radius 1 is 1.26 bits per heavy atom. The highest BCUT2D eigenvalue weighted by molar-refractivity contribution is 8.00. The van der Waals surface area contributed by atoms with Crippen LogP contribution in [0.2, 0.25) is 0 Å². The van der Waals surface area contributed by atoms with Crippen molar-refractivity contribution in [2.24, 2.45) is 5.92 Å². The number of carbonyl (C=O) groups is 1. The summed E-state index contributed by atoms with van der Waals surface area (Å²) in [7, 11) is 0. The Morgan fingerprint density at radius 2 is 1.96 bits per heavy atom. The predicted octanol–water partition coefficient (Wildman–Crippen LogP) is 2.46. The van der Waals surface area contributed by atoms with Gasteiger partial charge in [0.1, 0.15) is 5.82 Å². The first kappa shape index (κ1) is 16.6. The number of hydrogen-bond acceptors (Lipinski definition) is 4. The van der Waals surface area contributed by atoms with Gasteiger partial charge in [-0.1, -0.05) is 27.7 Å². The molecule has 2 amide bonds. The van der Waals surface area contributed by atoms with Gasteiger partial charge >= 0.3 is 6.03 Å². The number of rotatable bonds is 3. The summed E-state index contributed by atoms with van der Waals surface area (Å²) in [5, 5.41) is 12.8. The van der Waals surface area contributed by atoms with Crippen molar-refractivity contribution in [1.82, 2.24) is 25.0 Å². The molecule has 3 heterocycles. The Morgan fingerprint density at radius 3 is 2.61 bits per heavy atom. The topological polar surface area (TPSA) is 63.1 Å². The molecule has 0 aromatic carbocycles. The molecule has 3 rings (SSSR count). The maximum absolute atomic E-state index is 12.7. The van der Waals surface area contributed by atoms with Gasteiger partial charge < -0.3 is 14.8 Å². The first-order valence-corrected chi connectivity index (χ1v) is 9.53. The molecule has 1 N–H and O–H groups in total. The third kappa shape index (κ3) is 3.49. The van der Waals surface area contributed by atoms with Crippen LogP contribution in [-0.4, -0.2) is 49.3 Å². The van der Waals surface area contributed by atoms with Crippen LogP contribution < -0.4 is 5.32 Å². The molecule has 1 aromatic heterocycles. The number of amides is 2. The smallest absolute Gasteiger partial charge is 0.318 e. The molecule has 1 aromatic rings. The second-order valence-electron chi connectivity index (χ2n) is 7.06. The molecule has 0 spiro atoms. The zero-order valence-corrected chi connectivity index (χ0v) is 15.3. The van der Waals surface area contributed by atoms with Crippen LogP contribution in [0, 0.1) is 5.92 Å². The number of nitrogens with one attached hydrogen (secondary N) is 1. The number of aromatic nitrogens is 3. The minimum absolute atomic E-state index is 0.0260. The van der Waals surface area contributed by atoms with Crippen LogP contribution in [0.4, 0.5) is 4.79 Å². The monoisotopic (exact) mass is 337 g/mol. The molecule has 6 nitrogen and oxygen atoms in total. The molecule has 1 fully saturated rings. The Bertz CT molecular complexity index is 563. The van der Waals surface area contributed by atoms with Gasteiger partial charge in [0, 0.05) is 36.6 Å². The summed E-state index contributed by atoms with van der Waals surface area (Å²) in [4.78, 5) is 14.7. The molecule has 2 aliphatic heterocycles. The summed E-state index contributed by atoms with van der Waals surface area (Å²) < 4.78 is 2.18. The molecular weight excluding hydrogens is 310 g/mol. The SMILES string of the molecule is CC(C)[C@@H](NC(=O)N1C[C@@H](C)S[C@@H](C)C1)c1nnc2n1CCC2. The number of nitrogens with zero attached hydrogens (tertiary/aromatic N) is 4. The second kappa shape index (κ2) is 6.71. The fraction of sp³-hybridized carbons (Fsp3) is 0.812. The van der Waals surface area contributed by atoms with Crippen molar-refractivity contribution >= 4 is 17.8 Å². The van der Waals surface area contributed by atoms with E-state index in [9.17, 15) is 4.79 Å². The van der Waals surface area contributed by atoms with Crippen molar-refractivity contribution in [2.45, 2.75) is 63.6 Å². The maximum atomic E-state index is 12.7. The number of thioether (sulfide) groups is 1. The normalized spacial score (nSPS) is 25.5. The lowest BCUT2D eigenvalue weighted by Gasteiger charge is -2.36. The van der Waals surface area contributed by atoms with Gasteiger partial charge in [0.2, 0.25) is 0 Å². The van der Waals surface area contributed by atoms with Crippen LogP contribution in [0.3, 0.4) is 0 Å². The highest BCUT2D eigenvalue weighted by Gasteiger charge is 2.31. The van der Waals surface area contributed by atoms with Gasteiger partial charge in [-0.3, -0.25) is 0 Å². The quantitative estimate of drug-likeness (QED) is 0.920.